The van der Waals surface area contributed by atoms with E-state index >= 15 is 0 Å². The van der Waals surface area contributed by atoms with Gasteiger partial charge in [-0.3, -0.25) is 4.79 Å². The first kappa shape index (κ1) is 16.5. The number of thiazole rings is 1. The predicted octanol–water partition coefficient (Wildman–Crippen LogP) is 3.66. The molecule has 0 N–H and O–H groups in total. The summed E-state index contributed by atoms with van der Waals surface area (Å²) in [4.78, 5) is 17.8. The van der Waals surface area contributed by atoms with Crippen molar-refractivity contribution in [2.45, 2.75) is 6.92 Å². The number of hydrogen-bond acceptors (Lipinski definition) is 4. The number of ether oxygens (including phenoxy) is 1. The Morgan fingerprint density at radius 3 is 3.00 bits per heavy atom. The lowest BCUT2D eigenvalue weighted by molar-refractivity contribution is -0.125. The minimum Gasteiger partial charge on any atom is -0.492 e. The smallest absolute Gasteiger partial charge is 0.246 e. The van der Waals surface area contributed by atoms with Crippen LogP contribution in [0.3, 0.4) is 0 Å². The van der Waals surface area contributed by atoms with Gasteiger partial charge in [0.2, 0.25) is 5.91 Å². The Kier molecular flexibility index (Phi) is 5.98. The largest absolute Gasteiger partial charge is 0.492 e. The normalized spacial score (nSPS) is 10.9. The van der Waals surface area contributed by atoms with E-state index in [9.17, 15) is 4.79 Å². The van der Waals surface area contributed by atoms with Gasteiger partial charge < -0.3 is 9.64 Å². The molecule has 6 heteroatoms. The summed E-state index contributed by atoms with van der Waals surface area (Å²) < 4.78 is 5.56. The van der Waals surface area contributed by atoms with E-state index < -0.39 is 0 Å². The fraction of sp³-hybridized carbons (Fsp3) is 0.250. The summed E-state index contributed by atoms with van der Waals surface area (Å²) in [6, 6.07) is 7.19. The van der Waals surface area contributed by atoms with Crippen LogP contribution in [0.1, 0.15) is 10.7 Å². The van der Waals surface area contributed by atoms with Crippen LogP contribution in [-0.2, 0) is 4.79 Å². The van der Waals surface area contributed by atoms with Crippen molar-refractivity contribution < 1.29 is 9.53 Å². The lowest BCUT2D eigenvalue weighted by atomic mass is 10.3. The number of benzene rings is 1. The van der Waals surface area contributed by atoms with E-state index in [1.807, 2.05) is 24.4 Å². The molecular formula is C16H17ClN2O2S. The maximum Gasteiger partial charge on any atom is 0.246 e. The summed E-state index contributed by atoms with van der Waals surface area (Å²) in [5, 5.41) is 3.53. The number of nitrogens with zero attached hydrogens (tertiary/aromatic N) is 2. The van der Waals surface area contributed by atoms with Gasteiger partial charge >= 0.3 is 0 Å². The third kappa shape index (κ3) is 5.16. The molecule has 1 aromatic carbocycles. The second-order valence-corrected chi connectivity index (χ2v) is 6.19. The number of aromatic nitrogens is 1. The Morgan fingerprint density at radius 2 is 2.32 bits per heavy atom. The number of likely N-dealkylation sites (N-methyl/N-ethyl adjacent to an activating group) is 1. The SMILES string of the molecule is Cc1nc(/C=C/C(=O)N(C)CCOc2cccc(Cl)c2)cs1. The standard InChI is InChI=1S/C16H17ClN2O2S/c1-12-18-14(11-22-12)6-7-16(20)19(2)8-9-21-15-5-3-4-13(17)10-15/h3-7,10-11H,8-9H2,1-2H3/b7-6+. The Labute approximate surface area is 139 Å². The summed E-state index contributed by atoms with van der Waals surface area (Å²) in [7, 11) is 1.74. The van der Waals surface area contributed by atoms with Crippen molar-refractivity contribution in [3.05, 3.63) is 51.4 Å². The van der Waals surface area contributed by atoms with Crippen molar-refractivity contribution in [3.8, 4) is 5.75 Å². The Hall–Kier alpha value is -1.85. The van der Waals surface area contributed by atoms with Gasteiger partial charge in [-0.25, -0.2) is 4.98 Å². The third-order valence-corrected chi connectivity index (χ3v) is 3.93. The van der Waals surface area contributed by atoms with Crippen molar-refractivity contribution in [1.29, 1.82) is 0 Å². The second-order valence-electron chi connectivity index (χ2n) is 4.69. The van der Waals surface area contributed by atoms with E-state index in [2.05, 4.69) is 4.98 Å². The Balaban J connectivity index is 1.78. The molecule has 2 rings (SSSR count). The molecule has 0 aliphatic carbocycles. The molecule has 0 aliphatic heterocycles. The van der Waals surface area contributed by atoms with Crippen molar-refractivity contribution >= 4 is 34.9 Å². The summed E-state index contributed by atoms with van der Waals surface area (Å²) in [6.07, 6.45) is 3.24. The summed E-state index contributed by atoms with van der Waals surface area (Å²) >= 11 is 7.44. The Bertz CT molecular complexity index is 670. The lowest BCUT2D eigenvalue weighted by Gasteiger charge is -2.15. The van der Waals surface area contributed by atoms with Crippen LogP contribution < -0.4 is 4.74 Å². The zero-order chi connectivity index (χ0) is 15.9. The number of halogens is 1. The highest BCUT2D eigenvalue weighted by Crippen LogP contribution is 2.16. The van der Waals surface area contributed by atoms with E-state index in [4.69, 9.17) is 16.3 Å². The monoisotopic (exact) mass is 336 g/mol. The van der Waals surface area contributed by atoms with Gasteiger partial charge in [-0.2, -0.15) is 0 Å². The first-order valence-electron chi connectivity index (χ1n) is 6.78. The average Bonchev–Trinajstić information content (AvgIpc) is 2.90. The molecule has 0 saturated carbocycles. The number of amides is 1. The van der Waals surface area contributed by atoms with Crippen molar-refractivity contribution in [2.75, 3.05) is 20.2 Å². The van der Waals surface area contributed by atoms with Crippen molar-refractivity contribution in [2.24, 2.45) is 0 Å². The molecule has 0 bridgehead atoms. The van der Waals surface area contributed by atoms with Gasteiger partial charge in [0.25, 0.3) is 0 Å². The molecular weight excluding hydrogens is 320 g/mol. The Morgan fingerprint density at radius 1 is 1.50 bits per heavy atom. The molecule has 2 aromatic rings. The summed E-state index contributed by atoms with van der Waals surface area (Å²) in [6.45, 7) is 2.83. The lowest BCUT2D eigenvalue weighted by Crippen LogP contribution is -2.29. The van der Waals surface area contributed by atoms with Gasteiger partial charge in [-0.15, -0.1) is 11.3 Å². The third-order valence-electron chi connectivity index (χ3n) is 2.90. The van der Waals surface area contributed by atoms with E-state index in [0.717, 1.165) is 10.7 Å². The van der Waals surface area contributed by atoms with E-state index in [1.54, 1.807) is 41.5 Å². The first-order chi connectivity index (χ1) is 10.5. The maximum absolute atomic E-state index is 12.0. The van der Waals surface area contributed by atoms with Crippen molar-refractivity contribution in [3.63, 3.8) is 0 Å². The van der Waals surface area contributed by atoms with Crippen LogP contribution >= 0.6 is 22.9 Å². The topological polar surface area (TPSA) is 42.4 Å². The van der Waals surface area contributed by atoms with Crippen LogP contribution in [0.4, 0.5) is 0 Å². The van der Waals surface area contributed by atoms with Gasteiger partial charge in [-0.05, 0) is 31.2 Å². The fourth-order valence-corrected chi connectivity index (χ4v) is 2.47. The minimum atomic E-state index is -0.0830. The molecule has 1 aromatic heterocycles. The van der Waals surface area contributed by atoms with Crippen LogP contribution in [0.25, 0.3) is 6.08 Å². The second kappa shape index (κ2) is 7.96. The predicted molar refractivity (Wildman–Crippen MR) is 90.5 cm³/mol. The molecule has 116 valence electrons. The van der Waals surface area contributed by atoms with E-state index in [0.29, 0.717) is 23.9 Å². The molecule has 0 atom stereocenters. The quantitative estimate of drug-likeness (QED) is 0.756. The fourth-order valence-electron chi connectivity index (χ4n) is 1.71. The van der Waals surface area contributed by atoms with E-state index in [1.165, 1.54) is 6.08 Å². The van der Waals surface area contributed by atoms with Gasteiger partial charge in [0.1, 0.15) is 12.4 Å². The maximum atomic E-state index is 12.0. The molecule has 0 unspecified atom stereocenters. The molecule has 0 spiro atoms. The first-order valence-corrected chi connectivity index (χ1v) is 8.04. The highest BCUT2D eigenvalue weighted by Gasteiger charge is 2.05. The average molecular weight is 337 g/mol. The summed E-state index contributed by atoms with van der Waals surface area (Å²) in [5.41, 5.74) is 0.805. The van der Waals surface area contributed by atoms with Gasteiger partial charge in [0, 0.05) is 23.5 Å². The molecule has 4 nitrogen and oxygen atoms in total. The zero-order valence-electron chi connectivity index (χ0n) is 12.5. The number of hydrogen-bond donors (Lipinski definition) is 0. The molecule has 0 aliphatic rings. The van der Waals surface area contributed by atoms with Crippen LogP contribution in [0.15, 0.2) is 35.7 Å². The number of rotatable bonds is 6. The van der Waals surface area contributed by atoms with E-state index in [-0.39, 0.29) is 5.91 Å². The molecule has 1 amide bonds. The van der Waals surface area contributed by atoms with Crippen LogP contribution in [0, 0.1) is 6.92 Å². The van der Waals surface area contributed by atoms with Crippen LogP contribution in [0.2, 0.25) is 5.02 Å². The molecule has 22 heavy (non-hydrogen) atoms. The molecule has 0 saturated heterocycles. The van der Waals surface area contributed by atoms with Crippen molar-refractivity contribution in [1.82, 2.24) is 9.88 Å². The summed E-state index contributed by atoms with van der Waals surface area (Å²) in [5.74, 6) is 0.613. The van der Waals surface area contributed by atoms with Crippen LogP contribution in [0.5, 0.6) is 5.75 Å². The number of carbonyl (C=O) groups is 1. The highest BCUT2D eigenvalue weighted by molar-refractivity contribution is 7.09. The molecule has 0 radical (unpaired) electrons. The minimum absolute atomic E-state index is 0.0830. The number of carbonyl (C=O) groups excluding carboxylic acids is 1. The molecule has 1 heterocycles. The highest BCUT2D eigenvalue weighted by atomic mass is 35.5. The van der Waals surface area contributed by atoms with Gasteiger partial charge in [0.15, 0.2) is 0 Å². The number of aryl methyl sites for hydroxylation is 1. The zero-order valence-corrected chi connectivity index (χ0v) is 14.0. The van der Waals surface area contributed by atoms with Gasteiger partial charge in [0.05, 0.1) is 17.2 Å². The van der Waals surface area contributed by atoms with Crippen LogP contribution in [-0.4, -0.2) is 36.0 Å². The molecule has 0 fully saturated rings. The van der Waals surface area contributed by atoms with Gasteiger partial charge in [-0.1, -0.05) is 17.7 Å².